The van der Waals surface area contributed by atoms with Crippen molar-refractivity contribution < 1.29 is 60.6 Å². The Kier molecular flexibility index (Phi) is 103. The van der Waals surface area contributed by atoms with E-state index in [1.807, 2.05) is 0 Å². The first kappa shape index (κ1) is 22.6. The van der Waals surface area contributed by atoms with Gasteiger partial charge in [0.2, 0.25) is 0 Å². The Hall–Kier alpha value is 1.66. The van der Waals surface area contributed by atoms with Crippen LogP contribution in [0.4, 0.5) is 0 Å². The van der Waals surface area contributed by atoms with E-state index in [1.54, 1.807) is 0 Å². The molecule has 0 bridgehead atoms. The molecule has 10 heteroatoms. The van der Waals surface area contributed by atoms with Gasteiger partial charge in [0.15, 0.2) is 0 Å². The average molecular weight is 492 g/mol. The molecule has 0 aromatic carbocycles. The summed E-state index contributed by atoms with van der Waals surface area (Å²) in [4.78, 5) is 0. The molecule has 0 atom stereocenters. The number of hydrogen-bond acceptors (Lipinski definition) is 6. The fourth-order valence-electron chi connectivity index (χ4n) is 0. The normalized spacial score (nSPS) is 3.60. The molecule has 0 aromatic heterocycles. The van der Waals surface area contributed by atoms with Gasteiger partial charge < -0.3 is 0 Å². The first-order chi connectivity index (χ1) is 4.24. The van der Waals surface area contributed by atoms with Crippen molar-refractivity contribution in [2.75, 3.05) is 0 Å². The molecular weight excluding hydrogens is 489 g/mol. The summed E-state index contributed by atoms with van der Waals surface area (Å²) in [6.07, 6.45) is 0. The molecule has 0 aliphatic rings. The molecule has 0 saturated carbocycles. The summed E-state index contributed by atoms with van der Waals surface area (Å²) in [5.74, 6) is 0. The summed E-state index contributed by atoms with van der Waals surface area (Å²) in [6, 6.07) is 0. The van der Waals surface area contributed by atoms with Crippen LogP contribution in [0, 0.1) is 36.9 Å². The molecule has 0 aliphatic heterocycles. The molecule has 0 amide bonds. The zero-order valence-electron chi connectivity index (χ0n) is 4.44. The molecule has 0 heterocycles. The zero-order chi connectivity index (χ0) is 8.12. The van der Waals surface area contributed by atoms with Gasteiger partial charge >= 0.3 is 108 Å². The Morgan fingerprint density at radius 3 is 0.700 bits per heavy atom. The fraction of sp³-hybridized carbons (Fsp3) is 0. The molecule has 0 aliphatic carbocycles. The van der Waals surface area contributed by atoms with Crippen molar-refractivity contribution in [1.82, 2.24) is 0 Å². The molecule has 6 nitrogen and oxygen atoms in total. The number of hydrogen-bond donors (Lipinski definition) is 0. The van der Waals surface area contributed by atoms with Crippen LogP contribution >= 0.6 is 0 Å². The van der Waals surface area contributed by atoms with E-state index in [4.69, 9.17) is 23.7 Å². The predicted octanol–water partition coefficient (Wildman–Crippen LogP) is -5.87. The summed E-state index contributed by atoms with van der Waals surface area (Å²) in [5.41, 5.74) is 0. The fourth-order valence-corrected chi connectivity index (χ4v) is 0. The molecule has 66 valence electrons. The van der Waals surface area contributed by atoms with Crippen LogP contribution in [0.25, 0.3) is 0 Å². The molecule has 0 spiro atoms. The van der Waals surface area contributed by atoms with E-state index in [9.17, 15) is 0 Å². The van der Waals surface area contributed by atoms with Crippen LogP contribution < -0.4 is 12.4 Å². The Morgan fingerprint density at radius 1 is 0.700 bits per heavy atom. The van der Waals surface area contributed by atoms with E-state index < -0.39 is 47.1 Å². The third-order valence-corrected chi connectivity index (χ3v) is 0. The van der Waals surface area contributed by atoms with Crippen LogP contribution in [0.3, 0.4) is 0 Å². The van der Waals surface area contributed by atoms with Gasteiger partial charge in [-0.25, -0.2) is 0 Å². The van der Waals surface area contributed by atoms with Crippen molar-refractivity contribution in [2.24, 2.45) is 0 Å². The van der Waals surface area contributed by atoms with E-state index in [0.717, 1.165) is 0 Å². The van der Waals surface area contributed by atoms with Gasteiger partial charge in [0.1, 0.15) is 0 Å². The van der Waals surface area contributed by atoms with Crippen molar-refractivity contribution in [3.8, 4) is 0 Å². The van der Waals surface area contributed by atoms with E-state index in [0.29, 0.717) is 0 Å². The molecule has 0 N–H and O–H groups in total. The minimum absolute atomic E-state index is 0. The molecule has 0 saturated heterocycles. The Balaban J connectivity index is -0.0000000257. The van der Waals surface area contributed by atoms with Crippen molar-refractivity contribution in [3.05, 3.63) is 0 Å². The van der Waals surface area contributed by atoms with Gasteiger partial charge in [0, 0.05) is 0 Å². The van der Waals surface area contributed by atoms with Crippen LogP contribution in [0.2, 0.25) is 0 Å². The summed E-state index contributed by atoms with van der Waals surface area (Å²) in [5, 5.41) is 0. The topological polar surface area (TPSA) is 120 Å². The molecule has 10 heavy (non-hydrogen) atoms. The molecule has 0 aromatic rings. The second-order valence-electron chi connectivity index (χ2n) is 0.289. The van der Waals surface area contributed by atoms with E-state index in [1.165, 1.54) is 0 Å². The minimum atomic E-state index is -2.19. The van der Waals surface area contributed by atoms with E-state index in [2.05, 4.69) is 0 Å². The Morgan fingerprint density at radius 2 is 0.700 bits per heavy atom. The third kappa shape index (κ3) is 262. The van der Waals surface area contributed by atoms with Gasteiger partial charge in [-0.05, 0) is 0 Å². The van der Waals surface area contributed by atoms with Crippen LogP contribution in [0.15, 0.2) is 0 Å². The molecule has 0 unspecified atom stereocenters. The number of rotatable bonds is 0. The van der Waals surface area contributed by atoms with Crippen LogP contribution in [0.5, 0.6) is 0 Å². The predicted molar refractivity (Wildman–Crippen MR) is 23.5 cm³/mol. The van der Waals surface area contributed by atoms with Crippen LogP contribution in [-0.4, -0.2) is 47.1 Å². The Bertz CT molecular complexity index is 49.7. The summed E-state index contributed by atoms with van der Waals surface area (Å²) in [7, 11) is 0. The molecule has 0 radical (unpaired) electrons. The van der Waals surface area contributed by atoms with Gasteiger partial charge in [0.25, 0.3) is 0 Å². The SMILES string of the molecule is [Lu+3].[O]=[GeH][O-].[O]=[GeH][O-].[O]=[GeH][O-]. The monoisotopic (exact) mass is 496 g/mol. The van der Waals surface area contributed by atoms with Crippen LogP contribution in [-0.2, 0) is 11.3 Å². The van der Waals surface area contributed by atoms with Gasteiger partial charge in [-0.3, -0.25) is 0 Å². The standard InChI is InChI=1S/3GeHO2.Lu/c3*2-1-3;/h3*1H;/q3*-1;+3. The van der Waals surface area contributed by atoms with Gasteiger partial charge in [-0.15, -0.1) is 0 Å². The van der Waals surface area contributed by atoms with Crippen molar-refractivity contribution in [1.29, 1.82) is 0 Å². The van der Waals surface area contributed by atoms with Gasteiger partial charge in [-0.1, -0.05) is 0 Å². The van der Waals surface area contributed by atoms with Crippen molar-refractivity contribution in [3.63, 3.8) is 0 Å². The van der Waals surface area contributed by atoms with Gasteiger partial charge in [0.05, 0.1) is 0 Å². The van der Waals surface area contributed by atoms with Crippen LogP contribution in [0.1, 0.15) is 0 Å². The maximum absolute atomic E-state index is 8.53. The summed E-state index contributed by atoms with van der Waals surface area (Å²) in [6.45, 7) is 0. The first-order valence-corrected chi connectivity index (χ1v) is 7.35. The summed E-state index contributed by atoms with van der Waals surface area (Å²) < 4.78 is 51.2. The first-order valence-electron chi connectivity index (χ1n) is 1.41. The molecule has 0 fully saturated rings. The van der Waals surface area contributed by atoms with Gasteiger partial charge in [-0.2, -0.15) is 0 Å². The summed E-state index contributed by atoms with van der Waals surface area (Å²) >= 11 is -6.56. The third-order valence-electron chi connectivity index (χ3n) is 0. The molecule has 0 rings (SSSR count). The zero-order valence-corrected chi connectivity index (χ0v) is 13.4. The van der Waals surface area contributed by atoms with Crippen molar-refractivity contribution >= 4 is 47.1 Å². The molecular formula is H3Ge3LuO6. The second kappa shape index (κ2) is 45.8. The van der Waals surface area contributed by atoms with Crippen molar-refractivity contribution in [2.45, 2.75) is 0 Å². The quantitative estimate of drug-likeness (QED) is 0.311. The maximum atomic E-state index is 8.53. The second-order valence-corrected chi connectivity index (χ2v) is 1.50. The Labute approximate surface area is 106 Å². The van der Waals surface area contributed by atoms with E-state index in [-0.39, 0.29) is 36.9 Å². The average Bonchev–Trinajstić information content (AvgIpc) is 1.70. The van der Waals surface area contributed by atoms with E-state index >= 15 is 0 Å².